The van der Waals surface area contributed by atoms with Crippen molar-refractivity contribution >= 4 is 34.4 Å². The molecule has 0 saturated carbocycles. The topological polar surface area (TPSA) is 94.2 Å². The number of rotatable bonds is 3. The van der Waals surface area contributed by atoms with Gasteiger partial charge in [0.05, 0.1) is 11.4 Å². The summed E-state index contributed by atoms with van der Waals surface area (Å²) in [6.45, 7) is 3.92. The van der Waals surface area contributed by atoms with Crippen molar-refractivity contribution in [3.8, 4) is 0 Å². The molecule has 2 N–H and O–H groups in total. The molecule has 8 heteroatoms. The molecule has 2 amide bonds. The molecule has 4 heterocycles. The molecule has 2 fully saturated rings. The van der Waals surface area contributed by atoms with Gasteiger partial charge in [-0.3, -0.25) is 9.59 Å². The summed E-state index contributed by atoms with van der Waals surface area (Å²) in [7, 11) is 0. The van der Waals surface area contributed by atoms with Crippen molar-refractivity contribution in [1.29, 1.82) is 0 Å². The first-order valence-electron chi connectivity index (χ1n) is 11.3. The Morgan fingerprint density at radius 2 is 1.91 bits per heavy atom. The molecule has 166 valence electrons. The first kappa shape index (κ1) is 20.5. The first-order chi connectivity index (χ1) is 15.6. The van der Waals surface area contributed by atoms with E-state index in [1.54, 1.807) is 18.5 Å². The number of carbonyl (C=O) groups is 2. The average molecular weight is 433 g/mol. The minimum atomic E-state index is -0.122. The molecule has 0 spiro atoms. The number of likely N-dealkylation sites (tertiary alicyclic amines) is 1. The molecule has 32 heavy (non-hydrogen) atoms. The molecule has 2 aliphatic heterocycles. The number of nitrogens with one attached hydrogen (secondary N) is 2. The number of hydrogen-bond acceptors (Lipinski definition) is 5. The summed E-state index contributed by atoms with van der Waals surface area (Å²) in [5.74, 6) is 1.30. The van der Waals surface area contributed by atoms with Crippen LogP contribution in [0.3, 0.4) is 0 Å². The number of benzene rings is 1. The summed E-state index contributed by atoms with van der Waals surface area (Å²) in [6, 6.07) is 9.37. The highest BCUT2D eigenvalue weighted by Crippen LogP contribution is 2.34. The normalized spacial score (nSPS) is 21.2. The van der Waals surface area contributed by atoms with E-state index in [-0.39, 0.29) is 17.9 Å². The van der Waals surface area contributed by atoms with E-state index in [1.807, 2.05) is 24.4 Å². The monoisotopic (exact) mass is 432 g/mol. The van der Waals surface area contributed by atoms with Crippen molar-refractivity contribution in [2.24, 2.45) is 5.92 Å². The molecule has 2 saturated heterocycles. The lowest BCUT2D eigenvalue weighted by Crippen LogP contribution is -2.46. The van der Waals surface area contributed by atoms with Gasteiger partial charge < -0.3 is 20.1 Å². The molecule has 2 unspecified atom stereocenters. The van der Waals surface area contributed by atoms with Gasteiger partial charge in [0.25, 0.3) is 5.91 Å². The number of carbonyl (C=O) groups excluding carboxylic acids is 2. The molecular formula is C24H28N6O2. The molecule has 8 nitrogen and oxygen atoms in total. The summed E-state index contributed by atoms with van der Waals surface area (Å²) >= 11 is 0. The maximum absolute atomic E-state index is 13.5. The fraction of sp³-hybridized carbons (Fsp3) is 0.417. The number of hydrogen-bond donors (Lipinski definition) is 2. The molecule has 3 aromatic rings. The maximum atomic E-state index is 13.5. The minimum Gasteiger partial charge on any atom is -0.354 e. The van der Waals surface area contributed by atoms with Crippen LogP contribution in [0.5, 0.6) is 0 Å². The number of H-pyrrole nitrogens is 1. The molecule has 0 aliphatic carbocycles. The molecule has 1 aromatic carbocycles. The van der Waals surface area contributed by atoms with E-state index in [0.717, 1.165) is 55.7 Å². The highest BCUT2D eigenvalue weighted by Gasteiger charge is 2.40. The predicted molar refractivity (Wildman–Crippen MR) is 124 cm³/mol. The lowest BCUT2D eigenvalue weighted by atomic mass is 9.92. The van der Waals surface area contributed by atoms with Crippen LogP contribution in [0.15, 0.2) is 42.9 Å². The molecule has 2 aromatic heterocycles. The van der Waals surface area contributed by atoms with Gasteiger partial charge in [-0.25, -0.2) is 9.97 Å². The molecule has 0 radical (unpaired) electrons. The van der Waals surface area contributed by atoms with Gasteiger partial charge in [0, 0.05) is 44.0 Å². The van der Waals surface area contributed by atoms with Gasteiger partial charge in [0.1, 0.15) is 17.8 Å². The van der Waals surface area contributed by atoms with Crippen molar-refractivity contribution < 1.29 is 9.59 Å². The zero-order chi connectivity index (χ0) is 22.1. The smallest absolute Gasteiger partial charge is 0.254 e. The van der Waals surface area contributed by atoms with E-state index in [4.69, 9.17) is 0 Å². The highest BCUT2D eigenvalue weighted by molar-refractivity contribution is 5.96. The number of nitrogens with zero attached hydrogens (tertiary/aromatic N) is 4. The van der Waals surface area contributed by atoms with Crippen molar-refractivity contribution in [3.05, 3.63) is 48.4 Å². The molecular weight excluding hydrogens is 404 g/mol. The summed E-state index contributed by atoms with van der Waals surface area (Å²) in [5.41, 5.74) is 2.20. The largest absolute Gasteiger partial charge is 0.354 e. The second kappa shape index (κ2) is 8.61. The number of aromatic amines is 1. The van der Waals surface area contributed by atoms with Crippen molar-refractivity contribution in [1.82, 2.24) is 19.9 Å². The van der Waals surface area contributed by atoms with Crippen molar-refractivity contribution in [3.63, 3.8) is 0 Å². The standard InChI is InChI=1S/C24H28N6O2/c1-16(31)28-19-8-6-17(7-9-19)24(32)30-12-4-2-3-5-18-13-29(14-21(18)30)23-20-10-11-25-22(20)26-15-27-23/h6-11,15,18,21H,2-5,12-14H2,1H3,(H,28,31)(H,25,26,27). The molecule has 0 bridgehead atoms. The van der Waals surface area contributed by atoms with Gasteiger partial charge in [-0.1, -0.05) is 12.8 Å². The van der Waals surface area contributed by atoms with E-state index in [9.17, 15) is 9.59 Å². The van der Waals surface area contributed by atoms with Crippen LogP contribution in [0.4, 0.5) is 11.5 Å². The second-order valence-corrected chi connectivity index (χ2v) is 8.78. The second-order valence-electron chi connectivity index (χ2n) is 8.78. The fourth-order valence-electron chi connectivity index (χ4n) is 5.12. The summed E-state index contributed by atoms with van der Waals surface area (Å²) < 4.78 is 0. The highest BCUT2D eigenvalue weighted by atomic mass is 16.2. The first-order valence-corrected chi connectivity index (χ1v) is 11.3. The van der Waals surface area contributed by atoms with Crippen LogP contribution in [0.1, 0.15) is 43.0 Å². The van der Waals surface area contributed by atoms with E-state index in [1.165, 1.54) is 13.3 Å². The van der Waals surface area contributed by atoms with Crippen LogP contribution in [0.2, 0.25) is 0 Å². The third-order valence-corrected chi connectivity index (χ3v) is 6.63. The Labute approximate surface area is 187 Å². The summed E-state index contributed by atoms with van der Waals surface area (Å²) in [6.07, 6.45) is 7.98. The number of amides is 2. The lowest BCUT2D eigenvalue weighted by Gasteiger charge is -2.34. The Balaban J connectivity index is 1.40. The van der Waals surface area contributed by atoms with Gasteiger partial charge in [-0.15, -0.1) is 0 Å². The fourth-order valence-corrected chi connectivity index (χ4v) is 5.12. The van der Waals surface area contributed by atoms with E-state index < -0.39 is 0 Å². The Morgan fingerprint density at radius 1 is 1.06 bits per heavy atom. The summed E-state index contributed by atoms with van der Waals surface area (Å²) in [5, 5.41) is 3.78. The Morgan fingerprint density at radius 3 is 2.72 bits per heavy atom. The lowest BCUT2D eigenvalue weighted by molar-refractivity contribution is -0.114. The van der Waals surface area contributed by atoms with E-state index in [2.05, 4.69) is 30.1 Å². The van der Waals surface area contributed by atoms with E-state index in [0.29, 0.717) is 17.2 Å². The SMILES string of the molecule is CC(=O)Nc1ccc(C(=O)N2CCCCCC3CN(c4ncnc5[nH]ccc45)CC32)cc1. The van der Waals surface area contributed by atoms with Gasteiger partial charge in [0.2, 0.25) is 5.91 Å². The minimum absolute atomic E-state index is 0.0626. The third kappa shape index (κ3) is 3.92. The van der Waals surface area contributed by atoms with Crippen LogP contribution < -0.4 is 10.2 Å². The van der Waals surface area contributed by atoms with Crippen LogP contribution in [-0.2, 0) is 4.79 Å². The summed E-state index contributed by atoms with van der Waals surface area (Å²) in [4.78, 5) is 41.3. The zero-order valence-corrected chi connectivity index (χ0v) is 18.3. The van der Waals surface area contributed by atoms with Crippen LogP contribution >= 0.6 is 0 Å². The zero-order valence-electron chi connectivity index (χ0n) is 18.3. The Hall–Kier alpha value is -3.42. The van der Waals surface area contributed by atoms with E-state index >= 15 is 0 Å². The van der Waals surface area contributed by atoms with Gasteiger partial charge in [-0.05, 0) is 49.1 Å². The third-order valence-electron chi connectivity index (χ3n) is 6.63. The van der Waals surface area contributed by atoms with Gasteiger partial charge in [0.15, 0.2) is 0 Å². The Kier molecular flexibility index (Phi) is 5.51. The van der Waals surface area contributed by atoms with Crippen LogP contribution in [0.25, 0.3) is 11.0 Å². The quantitative estimate of drug-likeness (QED) is 0.661. The molecule has 5 rings (SSSR count). The van der Waals surface area contributed by atoms with Gasteiger partial charge >= 0.3 is 0 Å². The van der Waals surface area contributed by atoms with Crippen molar-refractivity contribution in [2.75, 3.05) is 29.9 Å². The van der Waals surface area contributed by atoms with Crippen LogP contribution in [-0.4, -0.2) is 57.3 Å². The number of fused-ring (bicyclic) bond motifs is 2. The predicted octanol–water partition coefficient (Wildman–Crippen LogP) is 3.44. The average Bonchev–Trinajstić information content (AvgIpc) is 3.41. The molecule has 2 atom stereocenters. The van der Waals surface area contributed by atoms with Crippen LogP contribution in [0, 0.1) is 5.92 Å². The molecule has 2 aliphatic rings. The Bertz CT molecular complexity index is 1120. The number of aromatic nitrogens is 3. The van der Waals surface area contributed by atoms with Crippen molar-refractivity contribution in [2.45, 2.75) is 38.6 Å². The maximum Gasteiger partial charge on any atom is 0.254 e. The van der Waals surface area contributed by atoms with Gasteiger partial charge in [-0.2, -0.15) is 0 Å². The number of anilines is 2.